The van der Waals surface area contributed by atoms with E-state index in [1.165, 1.54) is 12.1 Å². The Hall–Kier alpha value is -3.35. The van der Waals surface area contributed by atoms with Gasteiger partial charge in [-0.25, -0.2) is 9.49 Å². The SMILES string of the molecule is O=C1CCC(NC(=O)c2cc(Cc3n[nH]c(=O)c4ccccc34)ccc2F)CC1. The molecule has 0 aliphatic heterocycles. The number of rotatable bonds is 4. The molecule has 0 radical (unpaired) electrons. The van der Waals surface area contributed by atoms with Gasteiger partial charge >= 0.3 is 0 Å². The van der Waals surface area contributed by atoms with Crippen LogP contribution < -0.4 is 10.9 Å². The Kier molecular flexibility index (Phi) is 5.20. The Balaban J connectivity index is 1.57. The fourth-order valence-corrected chi connectivity index (χ4v) is 3.70. The van der Waals surface area contributed by atoms with Crippen molar-refractivity contribution in [3.8, 4) is 0 Å². The molecule has 0 atom stereocenters. The molecule has 4 rings (SSSR count). The topological polar surface area (TPSA) is 91.9 Å². The van der Waals surface area contributed by atoms with Gasteiger partial charge in [0.15, 0.2) is 0 Å². The largest absolute Gasteiger partial charge is 0.349 e. The monoisotopic (exact) mass is 393 g/mol. The van der Waals surface area contributed by atoms with Crippen molar-refractivity contribution in [1.29, 1.82) is 0 Å². The molecule has 0 spiro atoms. The molecule has 2 aromatic carbocycles. The van der Waals surface area contributed by atoms with Crippen LogP contribution in [0.1, 0.15) is 47.3 Å². The van der Waals surface area contributed by atoms with Crippen LogP contribution in [0.15, 0.2) is 47.3 Å². The summed E-state index contributed by atoms with van der Waals surface area (Å²) in [6.07, 6.45) is 2.39. The molecule has 1 aliphatic carbocycles. The van der Waals surface area contributed by atoms with Crippen LogP contribution in [-0.4, -0.2) is 27.9 Å². The fourth-order valence-electron chi connectivity index (χ4n) is 3.70. The molecule has 148 valence electrons. The van der Waals surface area contributed by atoms with Crippen molar-refractivity contribution in [1.82, 2.24) is 15.5 Å². The van der Waals surface area contributed by atoms with Gasteiger partial charge < -0.3 is 5.32 Å². The number of hydrogen-bond acceptors (Lipinski definition) is 4. The molecule has 7 heteroatoms. The van der Waals surface area contributed by atoms with Crippen LogP contribution in [0, 0.1) is 5.82 Å². The van der Waals surface area contributed by atoms with Gasteiger partial charge in [-0.3, -0.25) is 14.4 Å². The van der Waals surface area contributed by atoms with Gasteiger partial charge in [0.25, 0.3) is 11.5 Å². The molecule has 1 aromatic heterocycles. The Morgan fingerprint density at radius 2 is 1.83 bits per heavy atom. The number of benzene rings is 2. The van der Waals surface area contributed by atoms with E-state index in [-0.39, 0.29) is 22.9 Å². The average Bonchev–Trinajstić information content (AvgIpc) is 2.73. The predicted octanol–water partition coefficient (Wildman–Crippen LogP) is 2.89. The third-order valence-electron chi connectivity index (χ3n) is 5.30. The van der Waals surface area contributed by atoms with Gasteiger partial charge in [0.05, 0.1) is 16.6 Å². The van der Waals surface area contributed by atoms with Crippen LogP contribution in [0.2, 0.25) is 0 Å². The van der Waals surface area contributed by atoms with Gasteiger partial charge in [0, 0.05) is 30.7 Å². The van der Waals surface area contributed by atoms with Gasteiger partial charge in [0.1, 0.15) is 11.6 Å². The summed E-state index contributed by atoms with van der Waals surface area (Å²) in [5.41, 5.74) is 1.05. The van der Waals surface area contributed by atoms with Crippen LogP contribution in [0.25, 0.3) is 10.8 Å². The van der Waals surface area contributed by atoms with Crippen molar-refractivity contribution in [2.45, 2.75) is 38.1 Å². The summed E-state index contributed by atoms with van der Waals surface area (Å²) in [6, 6.07) is 11.4. The summed E-state index contributed by atoms with van der Waals surface area (Å²) in [5.74, 6) is -0.885. The molecule has 1 amide bonds. The number of nitrogens with one attached hydrogen (secondary N) is 2. The van der Waals surface area contributed by atoms with E-state index in [9.17, 15) is 18.8 Å². The highest BCUT2D eigenvalue weighted by Gasteiger charge is 2.22. The smallest absolute Gasteiger partial charge is 0.272 e. The van der Waals surface area contributed by atoms with E-state index in [4.69, 9.17) is 0 Å². The Labute approximate surface area is 166 Å². The van der Waals surface area contributed by atoms with E-state index in [1.54, 1.807) is 18.2 Å². The van der Waals surface area contributed by atoms with Crippen molar-refractivity contribution < 1.29 is 14.0 Å². The number of aromatic amines is 1. The lowest BCUT2D eigenvalue weighted by atomic mass is 9.94. The molecular weight excluding hydrogens is 373 g/mol. The van der Waals surface area contributed by atoms with Gasteiger partial charge in [-0.15, -0.1) is 0 Å². The second-order valence-corrected chi connectivity index (χ2v) is 7.32. The van der Waals surface area contributed by atoms with Crippen LogP contribution >= 0.6 is 0 Å². The fraction of sp³-hybridized carbons (Fsp3) is 0.273. The van der Waals surface area contributed by atoms with Crippen LogP contribution in [0.5, 0.6) is 0 Å². The van der Waals surface area contributed by atoms with Crippen molar-refractivity contribution >= 4 is 22.5 Å². The zero-order chi connectivity index (χ0) is 20.4. The summed E-state index contributed by atoms with van der Waals surface area (Å²) >= 11 is 0. The average molecular weight is 393 g/mol. The maximum absolute atomic E-state index is 14.3. The second-order valence-electron chi connectivity index (χ2n) is 7.32. The summed E-state index contributed by atoms with van der Waals surface area (Å²) in [6.45, 7) is 0. The molecule has 1 saturated carbocycles. The number of carbonyl (C=O) groups is 2. The first-order valence-corrected chi connectivity index (χ1v) is 9.58. The molecule has 2 N–H and O–H groups in total. The van der Waals surface area contributed by atoms with Crippen molar-refractivity contribution in [2.75, 3.05) is 0 Å². The van der Waals surface area contributed by atoms with Crippen molar-refractivity contribution in [3.05, 3.63) is 75.5 Å². The number of hydrogen-bond donors (Lipinski definition) is 2. The summed E-state index contributed by atoms with van der Waals surface area (Å²) in [4.78, 5) is 35.9. The van der Waals surface area contributed by atoms with Gasteiger partial charge in [-0.05, 0) is 36.6 Å². The van der Waals surface area contributed by atoms with E-state index >= 15 is 0 Å². The number of ketones is 1. The number of fused-ring (bicyclic) bond motifs is 1. The molecule has 29 heavy (non-hydrogen) atoms. The first-order valence-electron chi connectivity index (χ1n) is 9.58. The minimum Gasteiger partial charge on any atom is -0.349 e. The Morgan fingerprint density at radius 1 is 1.10 bits per heavy atom. The molecule has 0 unspecified atom stereocenters. The van der Waals surface area contributed by atoms with E-state index in [0.717, 1.165) is 5.39 Å². The Bertz CT molecular complexity index is 1150. The van der Waals surface area contributed by atoms with E-state index < -0.39 is 11.7 Å². The normalized spacial score (nSPS) is 14.9. The van der Waals surface area contributed by atoms with Crippen molar-refractivity contribution in [3.63, 3.8) is 0 Å². The van der Waals surface area contributed by atoms with Gasteiger partial charge in [-0.2, -0.15) is 5.10 Å². The summed E-state index contributed by atoms with van der Waals surface area (Å²) in [7, 11) is 0. The molecule has 0 saturated heterocycles. The van der Waals surface area contributed by atoms with Crippen LogP contribution in [0.3, 0.4) is 0 Å². The second kappa shape index (κ2) is 7.95. The van der Waals surface area contributed by atoms with E-state index in [1.807, 2.05) is 12.1 Å². The lowest BCUT2D eigenvalue weighted by Crippen LogP contribution is -2.38. The molecule has 1 aliphatic rings. The minimum absolute atomic E-state index is 0.0341. The van der Waals surface area contributed by atoms with Gasteiger partial charge in [-0.1, -0.05) is 24.3 Å². The summed E-state index contributed by atoms with van der Waals surface area (Å²) in [5, 5.41) is 10.7. The molecule has 3 aromatic rings. The highest BCUT2D eigenvalue weighted by atomic mass is 19.1. The number of carbonyl (C=O) groups excluding carboxylic acids is 2. The number of halogens is 1. The molecule has 1 heterocycles. The number of aromatic nitrogens is 2. The first-order chi connectivity index (χ1) is 14.0. The van der Waals surface area contributed by atoms with E-state index in [0.29, 0.717) is 48.7 Å². The minimum atomic E-state index is -0.600. The lowest BCUT2D eigenvalue weighted by molar-refractivity contribution is -0.120. The van der Waals surface area contributed by atoms with Crippen LogP contribution in [-0.2, 0) is 11.2 Å². The first kappa shape index (κ1) is 19.0. The standard InChI is InChI=1S/C22H20FN3O3/c23-19-10-5-13(11-18(19)21(28)24-14-6-8-15(27)9-7-14)12-20-16-3-1-2-4-17(16)22(29)26-25-20/h1-5,10-11,14H,6-9,12H2,(H,24,28)(H,26,29). The number of nitrogens with zero attached hydrogens (tertiary/aromatic N) is 1. The zero-order valence-corrected chi connectivity index (χ0v) is 15.7. The molecule has 1 fully saturated rings. The third kappa shape index (κ3) is 4.08. The van der Waals surface area contributed by atoms with Crippen molar-refractivity contribution in [2.24, 2.45) is 0 Å². The molecule has 0 bridgehead atoms. The maximum atomic E-state index is 14.3. The maximum Gasteiger partial charge on any atom is 0.272 e. The molecule has 6 nitrogen and oxygen atoms in total. The quantitative estimate of drug-likeness (QED) is 0.713. The Morgan fingerprint density at radius 3 is 2.59 bits per heavy atom. The number of amides is 1. The highest BCUT2D eigenvalue weighted by Crippen LogP contribution is 2.20. The number of Topliss-reactive ketones (excluding diaryl/α,β-unsaturated/α-hetero) is 1. The third-order valence-corrected chi connectivity index (χ3v) is 5.30. The zero-order valence-electron chi connectivity index (χ0n) is 15.7. The summed E-state index contributed by atoms with van der Waals surface area (Å²) < 4.78 is 14.3. The lowest BCUT2D eigenvalue weighted by Gasteiger charge is -2.22. The van der Waals surface area contributed by atoms with Gasteiger partial charge in [0.2, 0.25) is 0 Å². The number of H-pyrrole nitrogens is 1. The molecular formula is C22H20FN3O3. The van der Waals surface area contributed by atoms with Crippen LogP contribution in [0.4, 0.5) is 4.39 Å². The highest BCUT2D eigenvalue weighted by molar-refractivity contribution is 5.95. The van der Waals surface area contributed by atoms with E-state index in [2.05, 4.69) is 15.5 Å². The predicted molar refractivity (Wildman–Crippen MR) is 106 cm³/mol.